The van der Waals surface area contributed by atoms with Gasteiger partial charge in [0.2, 0.25) is 11.7 Å². The monoisotopic (exact) mass is 330 g/mol. The number of carboxylic acids is 1. The van der Waals surface area contributed by atoms with Crippen LogP contribution in [0.1, 0.15) is 22.0 Å². The summed E-state index contributed by atoms with van der Waals surface area (Å²) in [6.07, 6.45) is 0. The van der Waals surface area contributed by atoms with Crippen molar-refractivity contribution in [2.75, 3.05) is 11.9 Å². The Kier molecular flexibility index (Phi) is 4.30. The van der Waals surface area contributed by atoms with Crippen molar-refractivity contribution in [1.82, 2.24) is 5.16 Å². The first kappa shape index (κ1) is 15.8. The van der Waals surface area contributed by atoms with E-state index >= 15 is 0 Å². The number of fused-ring (bicyclic) bond motifs is 1. The van der Waals surface area contributed by atoms with E-state index in [1.165, 1.54) is 6.07 Å². The number of nitrogens with one attached hydrogen (secondary N) is 1. The fourth-order valence-electron chi connectivity index (χ4n) is 2.16. The fourth-order valence-corrected chi connectivity index (χ4v) is 2.16. The second-order valence-electron chi connectivity index (χ2n) is 5.14. The summed E-state index contributed by atoms with van der Waals surface area (Å²) < 4.78 is 15.3. The van der Waals surface area contributed by atoms with Gasteiger partial charge in [-0.3, -0.25) is 4.79 Å². The van der Waals surface area contributed by atoms with Crippen molar-refractivity contribution in [2.24, 2.45) is 0 Å². The number of carbonyl (C=O) groups is 2. The van der Waals surface area contributed by atoms with Crippen LogP contribution >= 0.6 is 0 Å². The maximum atomic E-state index is 11.9. The van der Waals surface area contributed by atoms with E-state index in [0.717, 1.165) is 0 Å². The van der Waals surface area contributed by atoms with Crippen LogP contribution in [-0.2, 0) is 16.1 Å². The molecule has 0 saturated carbocycles. The predicted molar refractivity (Wildman–Crippen MR) is 82.7 cm³/mol. The van der Waals surface area contributed by atoms with E-state index in [4.69, 9.17) is 18.8 Å². The third-order valence-electron chi connectivity index (χ3n) is 3.17. The van der Waals surface area contributed by atoms with Crippen LogP contribution in [0.25, 0.3) is 11.0 Å². The number of rotatable bonds is 6. The first-order chi connectivity index (χ1) is 11.5. The minimum Gasteiger partial charge on any atom is -0.475 e. The lowest BCUT2D eigenvalue weighted by molar-refractivity contribution is -0.121. The van der Waals surface area contributed by atoms with Crippen LogP contribution in [0.5, 0.6) is 0 Å². The second-order valence-corrected chi connectivity index (χ2v) is 5.14. The smallest absolute Gasteiger partial charge is 0.371 e. The number of aryl methyl sites for hydroxylation is 1. The summed E-state index contributed by atoms with van der Waals surface area (Å²) >= 11 is 0. The topological polar surface area (TPSA) is 115 Å². The van der Waals surface area contributed by atoms with Gasteiger partial charge in [0.25, 0.3) is 0 Å². The minimum atomic E-state index is -1.15. The number of benzene rings is 1. The molecule has 2 heterocycles. The van der Waals surface area contributed by atoms with Crippen LogP contribution in [0.15, 0.2) is 39.3 Å². The van der Waals surface area contributed by atoms with Crippen LogP contribution in [0, 0.1) is 6.92 Å². The van der Waals surface area contributed by atoms with Gasteiger partial charge in [-0.2, -0.15) is 0 Å². The predicted octanol–water partition coefficient (Wildman–Crippen LogP) is 2.58. The Hall–Kier alpha value is -3.13. The van der Waals surface area contributed by atoms with E-state index < -0.39 is 5.97 Å². The van der Waals surface area contributed by atoms with E-state index in [-0.39, 0.29) is 24.9 Å². The van der Waals surface area contributed by atoms with Crippen molar-refractivity contribution in [3.8, 4) is 0 Å². The van der Waals surface area contributed by atoms with Crippen LogP contribution in [0.4, 0.5) is 5.69 Å². The molecule has 0 aliphatic rings. The van der Waals surface area contributed by atoms with Crippen LogP contribution in [-0.4, -0.2) is 28.7 Å². The third kappa shape index (κ3) is 3.61. The lowest BCUT2D eigenvalue weighted by atomic mass is 10.2. The molecule has 1 aromatic carbocycles. The summed E-state index contributed by atoms with van der Waals surface area (Å²) in [5.41, 5.74) is 1.57. The maximum Gasteiger partial charge on any atom is 0.371 e. The minimum absolute atomic E-state index is 0.143. The van der Waals surface area contributed by atoms with Gasteiger partial charge in [-0.05, 0) is 31.2 Å². The van der Waals surface area contributed by atoms with Gasteiger partial charge in [0.05, 0.1) is 6.61 Å². The lowest BCUT2D eigenvalue weighted by Gasteiger charge is -2.05. The zero-order valence-electron chi connectivity index (χ0n) is 12.7. The molecule has 0 radical (unpaired) electrons. The summed E-state index contributed by atoms with van der Waals surface area (Å²) in [6.45, 7) is 1.80. The molecule has 2 aromatic heterocycles. The number of hydrogen-bond donors (Lipinski definition) is 2. The van der Waals surface area contributed by atoms with Crippen molar-refractivity contribution in [1.29, 1.82) is 0 Å². The van der Waals surface area contributed by atoms with Crippen molar-refractivity contribution in [3.05, 3.63) is 47.5 Å². The average Bonchev–Trinajstić information content (AvgIpc) is 3.13. The molecule has 24 heavy (non-hydrogen) atoms. The number of ether oxygens (including phenoxy) is 1. The zero-order chi connectivity index (χ0) is 17.1. The number of carboxylic acid groups (broad SMARTS) is 1. The van der Waals surface area contributed by atoms with E-state index in [1.807, 2.05) is 0 Å². The van der Waals surface area contributed by atoms with Crippen molar-refractivity contribution in [2.45, 2.75) is 13.5 Å². The highest BCUT2D eigenvalue weighted by Crippen LogP contribution is 2.23. The Labute approximate surface area is 136 Å². The summed E-state index contributed by atoms with van der Waals surface area (Å²) in [5.74, 6) is -0.961. The molecule has 0 aliphatic carbocycles. The summed E-state index contributed by atoms with van der Waals surface area (Å²) in [7, 11) is 0. The molecule has 8 nitrogen and oxygen atoms in total. The number of furan rings is 1. The number of anilines is 1. The molecule has 0 saturated heterocycles. The van der Waals surface area contributed by atoms with Crippen LogP contribution in [0.2, 0.25) is 0 Å². The first-order valence-electron chi connectivity index (χ1n) is 7.08. The van der Waals surface area contributed by atoms with E-state index in [9.17, 15) is 9.59 Å². The van der Waals surface area contributed by atoms with Gasteiger partial charge >= 0.3 is 5.97 Å². The van der Waals surface area contributed by atoms with Crippen molar-refractivity contribution < 1.29 is 28.4 Å². The van der Waals surface area contributed by atoms with Crippen LogP contribution < -0.4 is 5.32 Å². The molecular weight excluding hydrogens is 316 g/mol. The molecule has 3 rings (SSSR count). The first-order valence-corrected chi connectivity index (χ1v) is 7.08. The highest BCUT2D eigenvalue weighted by Gasteiger charge is 2.11. The molecule has 0 spiro atoms. The van der Waals surface area contributed by atoms with Gasteiger partial charge in [-0.15, -0.1) is 0 Å². The highest BCUT2D eigenvalue weighted by molar-refractivity contribution is 5.96. The molecule has 0 bridgehead atoms. The van der Waals surface area contributed by atoms with Crippen LogP contribution in [0.3, 0.4) is 0 Å². The van der Waals surface area contributed by atoms with Gasteiger partial charge in [0, 0.05) is 17.1 Å². The van der Waals surface area contributed by atoms with Gasteiger partial charge in [0.1, 0.15) is 23.6 Å². The van der Waals surface area contributed by atoms with E-state index in [0.29, 0.717) is 28.1 Å². The molecule has 1 amide bonds. The number of nitrogens with zero attached hydrogens (tertiary/aromatic N) is 1. The van der Waals surface area contributed by atoms with Crippen molar-refractivity contribution >= 4 is 28.5 Å². The molecule has 0 aliphatic heterocycles. The van der Waals surface area contributed by atoms with E-state index in [2.05, 4.69) is 10.5 Å². The van der Waals surface area contributed by atoms with Gasteiger partial charge in [-0.1, -0.05) is 5.16 Å². The Balaban J connectivity index is 1.57. The maximum absolute atomic E-state index is 11.9. The number of aromatic carboxylic acids is 1. The second kappa shape index (κ2) is 6.55. The third-order valence-corrected chi connectivity index (χ3v) is 3.17. The number of amides is 1. The molecule has 0 fully saturated rings. The largest absolute Gasteiger partial charge is 0.475 e. The standard InChI is InChI=1S/C16H14N2O6/c1-9-4-12(18-24-9)7-22-8-15(19)17-11-2-3-13-10(5-11)6-14(23-13)16(20)21/h2-6H,7-8H2,1H3,(H,17,19)(H,20,21). The molecule has 0 atom stereocenters. The molecule has 0 unspecified atom stereocenters. The Morgan fingerprint density at radius 1 is 1.29 bits per heavy atom. The normalized spacial score (nSPS) is 10.9. The molecule has 2 N–H and O–H groups in total. The lowest BCUT2D eigenvalue weighted by Crippen LogP contribution is -2.18. The molecule has 3 aromatic rings. The Morgan fingerprint density at radius 3 is 2.83 bits per heavy atom. The highest BCUT2D eigenvalue weighted by atomic mass is 16.5. The van der Waals surface area contributed by atoms with Gasteiger partial charge in [0.15, 0.2) is 0 Å². The van der Waals surface area contributed by atoms with Crippen molar-refractivity contribution in [3.63, 3.8) is 0 Å². The SMILES string of the molecule is Cc1cc(COCC(=O)Nc2ccc3oc(C(=O)O)cc3c2)no1. The summed E-state index contributed by atoms with van der Waals surface area (Å²) in [6, 6.07) is 7.97. The summed E-state index contributed by atoms with van der Waals surface area (Å²) in [5, 5.41) is 15.9. The van der Waals surface area contributed by atoms with Gasteiger partial charge < -0.3 is 24.1 Å². The average molecular weight is 330 g/mol. The Morgan fingerprint density at radius 2 is 2.12 bits per heavy atom. The number of aromatic nitrogens is 1. The van der Waals surface area contributed by atoms with E-state index in [1.54, 1.807) is 31.2 Å². The fraction of sp³-hybridized carbons (Fsp3) is 0.188. The quantitative estimate of drug-likeness (QED) is 0.713. The molecular formula is C16H14N2O6. The zero-order valence-corrected chi connectivity index (χ0v) is 12.7. The number of carbonyl (C=O) groups excluding carboxylic acids is 1. The molecule has 124 valence electrons. The Bertz CT molecular complexity index is 895. The summed E-state index contributed by atoms with van der Waals surface area (Å²) in [4.78, 5) is 22.7. The van der Waals surface area contributed by atoms with Gasteiger partial charge in [-0.25, -0.2) is 4.79 Å². The number of hydrogen-bond acceptors (Lipinski definition) is 6. The molecule has 8 heteroatoms.